The third-order valence-electron chi connectivity index (χ3n) is 2.48. The van der Waals surface area contributed by atoms with Crippen LogP contribution in [0.15, 0.2) is 58.8 Å². The number of aryl methyl sites for hydroxylation is 1. The number of carbonyl (C=O) groups is 1. The molecule has 2 rings (SSSR count). The quantitative estimate of drug-likeness (QED) is 0.820. The minimum Gasteiger partial charge on any atom is -0.478 e. The van der Waals surface area contributed by atoms with E-state index in [1.165, 1.54) is 12.1 Å². The first kappa shape index (κ1) is 12.0. The van der Waals surface area contributed by atoms with Gasteiger partial charge in [0.25, 0.3) is 0 Å². The Labute approximate surface area is 105 Å². The molecule has 18 heavy (non-hydrogen) atoms. The molecule has 0 aliphatic carbocycles. The topological polar surface area (TPSA) is 62.0 Å². The molecular formula is C14H12N2O2. The van der Waals surface area contributed by atoms with E-state index in [1.54, 1.807) is 12.1 Å². The van der Waals surface area contributed by atoms with Crippen molar-refractivity contribution in [1.82, 2.24) is 0 Å². The third-order valence-corrected chi connectivity index (χ3v) is 2.48. The fraction of sp³-hybridized carbons (Fsp3) is 0.0714. The van der Waals surface area contributed by atoms with Crippen LogP contribution in [0.4, 0.5) is 11.4 Å². The molecular weight excluding hydrogens is 228 g/mol. The highest BCUT2D eigenvalue weighted by atomic mass is 16.4. The van der Waals surface area contributed by atoms with Gasteiger partial charge in [0.2, 0.25) is 0 Å². The number of hydrogen-bond donors (Lipinski definition) is 1. The number of carboxylic acids is 1. The molecule has 0 aliphatic heterocycles. The van der Waals surface area contributed by atoms with Gasteiger partial charge in [-0.25, -0.2) is 4.79 Å². The predicted octanol–water partition coefficient (Wildman–Crippen LogP) is 4.11. The van der Waals surface area contributed by atoms with Crippen molar-refractivity contribution in [3.8, 4) is 0 Å². The molecule has 0 radical (unpaired) electrons. The molecule has 0 aromatic heterocycles. The summed E-state index contributed by atoms with van der Waals surface area (Å²) in [5.41, 5.74) is 2.53. The number of benzene rings is 2. The number of carboxylic acid groups (broad SMARTS) is 1. The van der Waals surface area contributed by atoms with Gasteiger partial charge in [-0.15, -0.1) is 0 Å². The Bertz CT molecular complexity index is 606. The lowest BCUT2D eigenvalue weighted by Gasteiger charge is -1.98. The standard InChI is InChI=1S/C14H12N2O2/c1-10-5-2-3-8-13(10)16-15-12-7-4-6-11(9-12)14(17)18/h2-9H,1H3,(H,17,18). The first-order valence-corrected chi connectivity index (χ1v) is 5.47. The summed E-state index contributed by atoms with van der Waals surface area (Å²) in [4.78, 5) is 10.8. The van der Waals surface area contributed by atoms with Crippen molar-refractivity contribution in [3.05, 3.63) is 59.7 Å². The van der Waals surface area contributed by atoms with Gasteiger partial charge in [-0.05, 0) is 36.8 Å². The van der Waals surface area contributed by atoms with E-state index in [0.29, 0.717) is 5.69 Å². The summed E-state index contributed by atoms with van der Waals surface area (Å²) in [5, 5.41) is 17.0. The molecule has 1 N–H and O–H groups in total. The Morgan fingerprint density at radius 3 is 2.56 bits per heavy atom. The highest BCUT2D eigenvalue weighted by molar-refractivity contribution is 5.88. The molecule has 2 aromatic carbocycles. The van der Waals surface area contributed by atoms with Crippen LogP contribution in [0.25, 0.3) is 0 Å². The van der Waals surface area contributed by atoms with Crippen LogP contribution in [0.2, 0.25) is 0 Å². The van der Waals surface area contributed by atoms with Gasteiger partial charge in [-0.2, -0.15) is 10.2 Å². The molecule has 0 unspecified atom stereocenters. The van der Waals surface area contributed by atoms with Crippen molar-refractivity contribution < 1.29 is 9.90 Å². The van der Waals surface area contributed by atoms with Gasteiger partial charge in [0.1, 0.15) is 0 Å². The molecule has 0 amide bonds. The lowest BCUT2D eigenvalue weighted by Crippen LogP contribution is -1.94. The smallest absolute Gasteiger partial charge is 0.335 e. The van der Waals surface area contributed by atoms with Crippen molar-refractivity contribution in [3.63, 3.8) is 0 Å². The Hall–Kier alpha value is -2.49. The number of aromatic carboxylic acids is 1. The van der Waals surface area contributed by atoms with Crippen LogP contribution in [-0.2, 0) is 0 Å². The fourth-order valence-corrected chi connectivity index (χ4v) is 1.49. The van der Waals surface area contributed by atoms with Gasteiger partial charge in [-0.3, -0.25) is 0 Å². The van der Waals surface area contributed by atoms with E-state index in [2.05, 4.69) is 10.2 Å². The van der Waals surface area contributed by atoms with Crippen molar-refractivity contribution in [1.29, 1.82) is 0 Å². The zero-order valence-corrected chi connectivity index (χ0v) is 9.87. The molecule has 0 aliphatic rings. The summed E-state index contributed by atoms with van der Waals surface area (Å²) in [5.74, 6) is -0.969. The third kappa shape index (κ3) is 2.79. The number of nitrogens with zero attached hydrogens (tertiary/aromatic N) is 2. The number of rotatable bonds is 3. The summed E-state index contributed by atoms with van der Waals surface area (Å²) < 4.78 is 0. The second kappa shape index (κ2) is 5.23. The van der Waals surface area contributed by atoms with E-state index in [1.807, 2.05) is 31.2 Å². The van der Waals surface area contributed by atoms with Crippen LogP contribution in [0, 0.1) is 6.92 Å². The van der Waals surface area contributed by atoms with E-state index in [4.69, 9.17) is 5.11 Å². The van der Waals surface area contributed by atoms with Crippen LogP contribution in [-0.4, -0.2) is 11.1 Å². The maximum atomic E-state index is 10.8. The Morgan fingerprint density at radius 2 is 1.83 bits per heavy atom. The highest BCUT2D eigenvalue weighted by Gasteiger charge is 2.02. The summed E-state index contributed by atoms with van der Waals surface area (Å²) in [6.45, 7) is 1.95. The first-order valence-electron chi connectivity index (χ1n) is 5.47. The fourth-order valence-electron chi connectivity index (χ4n) is 1.49. The molecule has 0 fully saturated rings. The van der Waals surface area contributed by atoms with Gasteiger partial charge in [0, 0.05) is 0 Å². The lowest BCUT2D eigenvalue weighted by molar-refractivity contribution is 0.0697. The van der Waals surface area contributed by atoms with E-state index in [0.717, 1.165) is 11.3 Å². The largest absolute Gasteiger partial charge is 0.478 e. The Kier molecular flexibility index (Phi) is 3.48. The van der Waals surface area contributed by atoms with Crippen molar-refractivity contribution in [2.75, 3.05) is 0 Å². The van der Waals surface area contributed by atoms with E-state index < -0.39 is 5.97 Å². The molecule has 0 bridgehead atoms. The zero-order chi connectivity index (χ0) is 13.0. The maximum absolute atomic E-state index is 10.8. The normalized spacial score (nSPS) is 10.7. The number of azo groups is 1. The second-order valence-electron chi connectivity index (χ2n) is 3.84. The van der Waals surface area contributed by atoms with Crippen LogP contribution in [0.1, 0.15) is 15.9 Å². The van der Waals surface area contributed by atoms with Crippen LogP contribution >= 0.6 is 0 Å². The van der Waals surface area contributed by atoms with Crippen molar-refractivity contribution >= 4 is 17.3 Å². The molecule has 4 heteroatoms. The lowest BCUT2D eigenvalue weighted by atomic mass is 10.2. The Balaban J connectivity index is 2.27. The maximum Gasteiger partial charge on any atom is 0.335 e. The van der Waals surface area contributed by atoms with Gasteiger partial charge < -0.3 is 5.11 Å². The Morgan fingerprint density at radius 1 is 1.06 bits per heavy atom. The summed E-state index contributed by atoms with van der Waals surface area (Å²) in [6, 6.07) is 14.0. The van der Waals surface area contributed by atoms with Gasteiger partial charge in [0.15, 0.2) is 0 Å². The van der Waals surface area contributed by atoms with Gasteiger partial charge >= 0.3 is 5.97 Å². The monoisotopic (exact) mass is 240 g/mol. The average Bonchev–Trinajstić information content (AvgIpc) is 2.38. The molecule has 0 atom stereocenters. The van der Waals surface area contributed by atoms with E-state index in [9.17, 15) is 4.79 Å². The zero-order valence-electron chi connectivity index (χ0n) is 9.87. The summed E-state index contributed by atoms with van der Waals surface area (Å²) in [6.07, 6.45) is 0. The molecule has 0 saturated heterocycles. The molecule has 0 spiro atoms. The molecule has 2 aromatic rings. The number of hydrogen-bond acceptors (Lipinski definition) is 3. The molecule has 0 heterocycles. The summed E-state index contributed by atoms with van der Waals surface area (Å²) >= 11 is 0. The van der Waals surface area contributed by atoms with Crippen LogP contribution in [0.5, 0.6) is 0 Å². The van der Waals surface area contributed by atoms with Crippen LogP contribution < -0.4 is 0 Å². The molecule has 90 valence electrons. The molecule has 0 saturated carbocycles. The van der Waals surface area contributed by atoms with Crippen molar-refractivity contribution in [2.45, 2.75) is 6.92 Å². The van der Waals surface area contributed by atoms with Crippen molar-refractivity contribution in [2.24, 2.45) is 10.2 Å². The average molecular weight is 240 g/mol. The van der Waals surface area contributed by atoms with E-state index in [-0.39, 0.29) is 5.56 Å². The second-order valence-corrected chi connectivity index (χ2v) is 3.84. The summed E-state index contributed by atoms with van der Waals surface area (Å²) in [7, 11) is 0. The van der Waals surface area contributed by atoms with Crippen LogP contribution in [0.3, 0.4) is 0 Å². The predicted molar refractivity (Wildman–Crippen MR) is 68.8 cm³/mol. The first-order chi connectivity index (χ1) is 8.66. The van der Waals surface area contributed by atoms with Gasteiger partial charge in [0.05, 0.1) is 16.9 Å². The van der Waals surface area contributed by atoms with Gasteiger partial charge in [-0.1, -0.05) is 24.3 Å². The minimum atomic E-state index is -0.969. The molecule has 4 nitrogen and oxygen atoms in total. The minimum absolute atomic E-state index is 0.205. The van der Waals surface area contributed by atoms with E-state index >= 15 is 0 Å². The highest BCUT2D eigenvalue weighted by Crippen LogP contribution is 2.21. The SMILES string of the molecule is Cc1ccccc1N=Nc1cccc(C(=O)O)c1.